The molecule has 0 spiro atoms. The van der Waals surface area contributed by atoms with Gasteiger partial charge in [0.25, 0.3) is 0 Å². The Balaban J connectivity index is 1.91. The van der Waals surface area contributed by atoms with E-state index in [4.69, 9.17) is 9.84 Å². The third-order valence-corrected chi connectivity index (χ3v) is 3.79. The second kappa shape index (κ2) is 12.7. The summed E-state index contributed by atoms with van der Waals surface area (Å²) in [5.41, 5.74) is 0.279. The van der Waals surface area contributed by atoms with Gasteiger partial charge in [0, 0.05) is 6.42 Å². The molecular weight excluding hydrogens is 292 g/mol. The predicted molar refractivity (Wildman–Crippen MR) is 90.8 cm³/mol. The first-order valence-corrected chi connectivity index (χ1v) is 8.55. The second-order valence-electron chi connectivity index (χ2n) is 5.75. The Hall–Kier alpha value is -1.84. The van der Waals surface area contributed by atoms with Gasteiger partial charge in [-0.1, -0.05) is 44.9 Å². The topological polar surface area (TPSA) is 63.6 Å². The number of benzene rings is 1. The van der Waals surface area contributed by atoms with Gasteiger partial charge in [-0.15, -0.1) is 0 Å². The molecule has 1 radical (unpaired) electrons. The Morgan fingerprint density at radius 2 is 1.39 bits per heavy atom. The lowest BCUT2D eigenvalue weighted by Crippen LogP contribution is -1.99. The SMILES string of the molecule is O=[C]CCCCCCCCCCCOc1ccc(C(=O)O)cc1. The molecule has 1 N–H and O–H groups in total. The van der Waals surface area contributed by atoms with E-state index in [0.29, 0.717) is 13.0 Å². The summed E-state index contributed by atoms with van der Waals surface area (Å²) in [7, 11) is 0. The Bertz CT molecular complexity index is 439. The lowest BCUT2D eigenvalue weighted by molar-refractivity contribution is 0.0697. The van der Waals surface area contributed by atoms with Crippen LogP contribution in [0.15, 0.2) is 24.3 Å². The first kappa shape index (κ1) is 19.2. The van der Waals surface area contributed by atoms with Crippen LogP contribution in [0.1, 0.15) is 74.6 Å². The van der Waals surface area contributed by atoms with E-state index in [2.05, 4.69) is 0 Å². The minimum absolute atomic E-state index is 0.279. The molecule has 0 aliphatic carbocycles. The summed E-state index contributed by atoms with van der Waals surface area (Å²) in [4.78, 5) is 20.8. The molecule has 0 heterocycles. The van der Waals surface area contributed by atoms with Gasteiger partial charge in [0.1, 0.15) is 5.75 Å². The van der Waals surface area contributed by atoms with Crippen molar-refractivity contribution < 1.29 is 19.4 Å². The fraction of sp³-hybridized carbons (Fsp3) is 0.579. The monoisotopic (exact) mass is 319 g/mol. The van der Waals surface area contributed by atoms with Gasteiger partial charge >= 0.3 is 5.97 Å². The first-order chi connectivity index (χ1) is 11.2. The van der Waals surface area contributed by atoms with Gasteiger partial charge in [0.05, 0.1) is 12.2 Å². The molecule has 0 aliphatic rings. The van der Waals surface area contributed by atoms with Gasteiger partial charge in [-0.3, -0.25) is 4.79 Å². The fourth-order valence-electron chi connectivity index (χ4n) is 2.42. The molecule has 4 heteroatoms. The second-order valence-corrected chi connectivity index (χ2v) is 5.75. The van der Waals surface area contributed by atoms with Crippen molar-refractivity contribution >= 4 is 12.3 Å². The maximum absolute atomic E-state index is 10.7. The number of unbranched alkanes of at least 4 members (excludes halogenated alkanes) is 9. The highest BCUT2D eigenvalue weighted by Gasteiger charge is 2.01. The summed E-state index contributed by atoms with van der Waals surface area (Å²) < 4.78 is 5.60. The van der Waals surface area contributed by atoms with Crippen LogP contribution in [0, 0.1) is 0 Å². The van der Waals surface area contributed by atoms with Crippen LogP contribution in [0.25, 0.3) is 0 Å². The molecule has 1 aromatic carbocycles. The van der Waals surface area contributed by atoms with Crippen LogP contribution in [-0.4, -0.2) is 24.0 Å². The number of carbonyl (C=O) groups excluding carboxylic acids is 1. The average Bonchev–Trinajstić information content (AvgIpc) is 2.56. The highest BCUT2D eigenvalue weighted by molar-refractivity contribution is 5.87. The maximum Gasteiger partial charge on any atom is 0.335 e. The van der Waals surface area contributed by atoms with Crippen molar-refractivity contribution in [2.75, 3.05) is 6.61 Å². The van der Waals surface area contributed by atoms with Crippen molar-refractivity contribution in [2.45, 2.75) is 64.2 Å². The predicted octanol–water partition coefficient (Wildman–Crippen LogP) is 4.77. The lowest BCUT2D eigenvalue weighted by Gasteiger charge is -2.06. The van der Waals surface area contributed by atoms with E-state index in [1.807, 2.05) is 6.29 Å². The highest BCUT2D eigenvalue weighted by atomic mass is 16.5. The molecule has 0 fully saturated rings. The zero-order valence-electron chi connectivity index (χ0n) is 13.8. The van der Waals surface area contributed by atoms with Crippen LogP contribution < -0.4 is 4.74 Å². The summed E-state index contributed by atoms with van der Waals surface area (Å²) in [6.45, 7) is 0.675. The van der Waals surface area contributed by atoms with E-state index >= 15 is 0 Å². The van der Waals surface area contributed by atoms with Crippen molar-refractivity contribution in [1.29, 1.82) is 0 Å². The third-order valence-electron chi connectivity index (χ3n) is 3.79. The van der Waals surface area contributed by atoms with Crippen LogP contribution in [0.2, 0.25) is 0 Å². The summed E-state index contributed by atoms with van der Waals surface area (Å²) >= 11 is 0. The number of hydrogen-bond donors (Lipinski definition) is 1. The Labute approximate surface area is 138 Å². The highest BCUT2D eigenvalue weighted by Crippen LogP contribution is 2.14. The molecule has 23 heavy (non-hydrogen) atoms. The molecule has 0 aromatic heterocycles. The molecule has 1 rings (SSSR count). The van der Waals surface area contributed by atoms with Crippen molar-refractivity contribution in [2.24, 2.45) is 0 Å². The van der Waals surface area contributed by atoms with Crippen molar-refractivity contribution in [3.05, 3.63) is 29.8 Å². The van der Waals surface area contributed by atoms with Crippen LogP contribution >= 0.6 is 0 Å². The van der Waals surface area contributed by atoms with E-state index in [9.17, 15) is 9.59 Å². The number of ether oxygens (including phenoxy) is 1. The van der Waals surface area contributed by atoms with Gasteiger partial charge in [-0.25, -0.2) is 4.79 Å². The standard InChI is InChI=1S/C19H27O4/c20-15-9-7-5-3-1-2-4-6-8-10-16-23-18-13-11-17(12-14-18)19(21)22/h11-14H,1-10,16H2,(H,21,22). The lowest BCUT2D eigenvalue weighted by atomic mass is 10.1. The first-order valence-electron chi connectivity index (χ1n) is 8.55. The number of aromatic carboxylic acids is 1. The molecule has 0 saturated carbocycles. The largest absolute Gasteiger partial charge is 0.494 e. The molecular formula is C19H27O4. The zero-order valence-corrected chi connectivity index (χ0v) is 13.8. The summed E-state index contributed by atoms with van der Waals surface area (Å²) in [5.74, 6) is -0.193. The van der Waals surface area contributed by atoms with Crippen molar-refractivity contribution in [1.82, 2.24) is 0 Å². The van der Waals surface area contributed by atoms with Crippen LogP contribution in [0.5, 0.6) is 5.75 Å². The van der Waals surface area contributed by atoms with E-state index in [-0.39, 0.29) is 5.56 Å². The maximum atomic E-state index is 10.7. The Morgan fingerprint density at radius 1 is 0.870 bits per heavy atom. The van der Waals surface area contributed by atoms with E-state index in [0.717, 1.165) is 31.4 Å². The van der Waals surface area contributed by atoms with Gasteiger partial charge in [0.2, 0.25) is 0 Å². The van der Waals surface area contributed by atoms with E-state index in [1.165, 1.54) is 32.1 Å². The summed E-state index contributed by atoms with van der Waals surface area (Å²) in [5, 5.41) is 8.81. The smallest absolute Gasteiger partial charge is 0.335 e. The Morgan fingerprint density at radius 3 is 1.91 bits per heavy atom. The molecule has 127 valence electrons. The minimum Gasteiger partial charge on any atom is -0.494 e. The quantitative estimate of drug-likeness (QED) is 0.501. The van der Waals surface area contributed by atoms with Gasteiger partial charge in [0.15, 0.2) is 6.29 Å². The molecule has 0 amide bonds. The molecule has 0 saturated heterocycles. The number of hydrogen-bond acceptors (Lipinski definition) is 3. The van der Waals surface area contributed by atoms with Crippen molar-refractivity contribution in [3.63, 3.8) is 0 Å². The number of carboxylic acid groups (broad SMARTS) is 1. The number of carboxylic acids is 1. The molecule has 1 aromatic rings. The Kier molecular flexibility index (Phi) is 10.6. The zero-order chi connectivity index (χ0) is 16.8. The van der Waals surface area contributed by atoms with Crippen LogP contribution in [0.4, 0.5) is 0 Å². The van der Waals surface area contributed by atoms with Crippen LogP contribution in [-0.2, 0) is 4.79 Å². The van der Waals surface area contributed by atoms with E-state index in [1.54, 1.807) is 24.3 Å². The number of rotatable bonds is 14. The number of carbonyl (C=O) groups is 1. The fourth-order valence-corrected chi connectivity index (χ4v) is 2.42. The van der Waals surface area contributed by atoms with Gasteiger partial charge < -0.3 is 9.84 Å². The average molecular weight is 319 g/mol. The van der Waals surface area contributed by atoms with Gasteiger partial charge in [-0.05, 0) is 37.1 Å². The molecule has 0 bridgehead atoms. The molecule has 4 nitrogen and oxygen atoms in total. The summed E-state index contributed by atoms with van der Waals surface area (Å²) in [6.07, 6.45) is 13.0. The third kappa shape index (κ3) is 9.72. The van der Waals surface area contributed by atoms with Crippen molar-refractivity contribution in [3.8, 4) is 5.75 Å². The summed E-state index contributed by atoms with van der Waals surface area (Å²) in [6, 6.07) is 6.52. The molecule has 0 atom stereocenters. The molecule has 0 unspecified atom stereocenters. The molecule has 0 aliphatic heterocycles. The normalized spacial score (nSPS) is 10.4. The minimum atomic E-state index is -0.918. The van der Waals surface area contributed by atoms with E-state index < -0.39 is 5.97 Å². The van der Waals surface area contributed by atoms with Crippen LogP contribution in [0.3, 0.4) is 0 Å². The van der Waals surface area contributed by atoms with Gasteiger partial charge in [-0.2, -0.15) is 0 Å².